The first-order chi connectivity index (χ1) is 23.3. The maximum atomic E-state index is 14.0. The summed E-state index contributed by atoms with van der Waals surface area (Å²) in [5.41, 5.74) is 1.85. The lowest BCUT2D eigenvalue weighted by atomic mass is 9.74. The van der Waals surface area contributed by atoms with Gasteiger partial charge in [-0.1, -0.05) is 60.7 Å². The SMILES string of the molecule is COC(=O)C(NC(=O)CC(c1ccccc1)C(CC(=O)NC(C(=O)OC)[C@H]1CN2CCC1CC2)c1ccccc1)[C@H]1CN2CCC1CC2. The molecule has 48 heavy (non-hydrogen) atoms. The Morgan fingerprint density at radius 2 is 0.979 bits per heavy atom. The van der Waals surface area contributed by atoms with Gasteiger partial charge in [0.05, 0.1) is 14.2 Å². The molecule has 6 fully saturated rings. The second kappa shape index (κ2) is 15.6. The van der Waals surface area contributed by atoms with Crippen LogP contribution in [0, 0.1) is 23.7 Å². The third kappa shape index (κ3) is 7.76. The zero-order valence-electron chi connectivity index (χ0n) is 28.2. The summed E-state index contributed by atoms with van der Waals surface area (Å²) in [6.45, 7) is 5.63. The summed E-state index contributed by atoms with van der Waals surface area (Å²) in [4.78, 5) is 58.9. The van der Waals surface area contributed by atoms with E-state index in [-0.39, 0.29) is 48.3 Å². The number of nitrogens with one attached hydrogen (secondary N) is 2. The van der Waals surface area contributed by atoms with Crippen molar-refractivity contribution >= 4 is 23.8 Å². The lowest BCUT2D eigenvalue weighted by Crippen LogP contribution is -2.58. The minimum Gasteiger partial charge on any atom is -0.467 e. The standard InChI is InChI=1S/C38H50N4O6/c1-47-37(45)35(31-23-41-17-13-27(31)14-18-41)39-33(43)21-29(25-9-5-3-6-10-25)30(26-11-7-4-8-12-26)22-34(44)40-36(38(46)48-2)32-24-42-19-15-28(32)16-20-42/h3-12,27-32,35-36H,13-24H2,1-2H3,(H,39,43)(H,40,44)/t29?,30?,31-,32-,35?,36?/m0/s1. The fourth-order valence-corrected chi connectivity index (χ4v) is 8.96. The van der Waals surface area contributed by atoms with Gasteiger partial charge >= 0.3 is 11.9 Å². The number of carbonyl (C=O) groups excluding carboxylic acids is 4. The van der Waals surface area contributed by atoms with Crippen LogP contribution >= 0.6 is 0 Å². The molecule has 2 amide bonds. The molecule has 6 heterocycles. The van der Waals surface area contributed by atoms with Crippen LogP contribution in [0.25, 0.3) is 0 Å². The molecule has 0 aromatic heterocycles. The van der Waals surface area contributed by atoms with Gasteiger partial charge in [-0.3, -0.25) is 9.59 Å². The van der Waals surface area contributed by atoms with Gasteiger partial charge in [0.1, 0.15) is 12.1 Å². The fourth-order valence-electron chi connectivity index (χ4n) is 8.96. The van der Waals surface area contributed by atoms with Gasteiger partial charge in [0, 0.05) is 37.8 Å². The molecule has 6 aliphatic rings. The number of rotatable bonds is 13. The molecule has 6 aliphatic heterocycles. The Morgan fingerprint density at radius 1 is 0.625 bits per heavy atom. The second-order valence-corrected chi connectivity index (χ2v) is 14.2. The number of nitrogens with zero attached hydrogens (tertiary/aromatic N) is 2. The Hall–Kier alpha value is -3.76. The molecule has 8 rings (SSSR count). The van der Waals surface area contributed by atoms with E-state index < -0.39 is 24.0 Å². The summed E-state index contributed by atoms with van der Waals surface area (Å²) in [5, 5.41) is 6.18. The molecule has 0 radical (unpaired) electrons. The quantitative estimate of drug-likeness (QED) is 0.315. The predicted molar refractivity (Wildman–Crippen MR) is 181 cm³/mol. The Balaban J connectivity index is 1.24. The van der Waals surface area contributed by atoms with E-state index in [1.807, 2.05) is 60.7 Å². The summed E-state index contributed by atoms with van der Waals surface area (Å²) in [6, 6.07) is 18.1. The van der Waals surface area contributed by atoms with Crippen LogP contribution in [0.5, 0.6) is 0 Å². The molecular formula is C38H50N4O6. The molecule has 6 saturated heterocycles. The molecule has 2 aromatic rings. The van der Waals surface area contributed by atoms with E-state index in [9.17, 15) is 19.2 Å². The largest absolute Gasteiger partial charge is 0.467 e. The van der Waals surface area contributed by atoms with Crippen molar-refractivity contribution in [2.45, 2.75) is 62.4 Å². The van der Waals surface area contributed by atoms with E-state index in [4.69, 9.17) is 9.47 Å². The van der Waals surface area contributed by atoms with Crippen molar-refractivity contribution in [3.63, 3.8) is 0 Å². The normalized spacial score (nSPS) is 28.4. The maximum Gasteiger partial charge on any atom is 0.328 e. The lowest BCUT2D eigenvalue weighted by molar-refractivity contribution is -0.149. The summed E-state index contributed by atoms with van der Waals surface area (Å²) in [5.74, 6) is -1.37. The highest BCUT2D eigenvalue weighted by Crippen LogP contribution is 2.40. The third-order valence-electron chi connectivity index (χ3n) is 11.6. The highest BCUT2D eigenvalue weighted by atomic mass is 16.5. The second-order valence-electron chi connectivity index (χ2n) is 14.2. The number of amides is 2. The number of esters is 2. The van der Waals surface area contributed by atoms with Crippen LogP contribution in [0.3, 0.4) is 0 Å². The molecule has 0 aliphatic carbocycles. The lowest BCUT2D eigenvalue weighted by Gasteiger charge is -2.47. The molecule has 10 nitrogen and oxygen atoms in total. The van der Waals surface area contributed by atoms with E-state index in [0.717, 1.165) is 76.1 Å². The van der Waals surface area contributed by atoms with Gasteiger partial charge in [-0.15, -0.1) is 0 Å². The molecule has 2 aromatic carbocycles. The molecule has 2 N–H and O–H groups in total. The average molecular weight is 659 g/mol. The topological polar surface area (TPSA) is 117 Å². The number of ether oxygens (including phenoxy) is 2. The first kappa shape index (κ1) is 34.1. The van der Waals surface area contributed by atoms with Gasteiger partial charge in [-0.25, -0.2) is 9.59 Å². The van der Waals surface area contributed by atoms with Crippen molar-refractivity contribution in [3.8, 4) is 0 Å². The molecule has 4 unspecified atom stereocenters. The summed E-state index contributed by atoms with van der Waals surface area (Å²) >= 11 is 0. The van der Waals surface area contributed by atoms with Crippen LogP contribution in [-0.4, -0.2) is 99.1 Å². The van der Waals surface area contributed by atoms with Gasteiger partial charge in [-0.05, 0) is 86.7 Å². The van der Waals surface area contributed by atoms with E-state index in [1.54, 1.807) is 0 Å². The maximum absolute atomic E-state index is 14.0. The Kier molecular flexibility index (Phi) is 11.1. The third-order valence-corrected chi connectivity index (χ3v) is 11.6. The Morgan fingerprint density at radius 3 is 1.27 bits per heavy atom. The van der Waals surface area contributed by atoms with Crippen LogP contribution < -0.4 is 10.6 Å². The minimum atomic E-state index is -0.729. The van der Waals surface area contributed by atoms with Crippen molar-refractivity contribution in [1.82, 2.24) is 20.4 Å². The molecule has 6 atom stereocenters. The van der Waals surface area contributed by atoms with Crippen LogP contribution in [0.4, 0.5) is 0 Å². The Labute approximate surface area is 283 Å². The van der Waals surface area contributed by atoms with E-state index in [0.29, 0.717) is 11.8 Å². The van der Waals surface area contributed by atoms with Crippen molar-refractivity contribution in [3.05, 3.63) is 71.8 Å². The van der Waals surface area contributed by atoms with Crippen LogP contribution in [0.1, 0.15) is 61.5 Å². The number of benzene rings is 2. The van der Waals surface area contributed by atoms with Crippen molar-refractivity contribution in [2.75, 3.05) is 53.5 Å². The molecular weight excluding hydrogens is 608 g/mol. The van der Waals surface area contributed by atoms with Gasteiger partial charge < -0.3 is 29.9 Å². The molecule has 4 bridgehead atoms. The fraction of sp³-hybridized carbons (Fsp3) is 0.579. The number of hydrogen-bond donors (Lipinski definition) is 2. The zero-order chi connectivity index (χ0) is 33.6. The monoisotopic (exact) mass is 658 g/mol. The molecule has 258 valence electrons. The van der Waals surface area contributed by atoms with Crippen molar-refractivity contribution < 1.29 is 28.7 Å². The Bertz CT molecular complexity index is 1300. The summed E-state index contributed by atoms with van der Waals surface area (Å²) < 4.78 is 10.4. The van der Waals surface area contributed by atoms with E-state index >= 15 is 0 Å². The van der Waals surface area contributed by atoms with E-state index in [1.165, 1.54) is 14.2 Å². The number of piperidine rings is 6. The number of carbonyl (C=O) groups is 4. The number of hydrogen-bond acceptors (Lipinski definition) is 8. The molecule has 10 heteroatoms. The minimum absolute atomic E-state index is 0.00333. The first-order valence-corrected chi connectivity index (χ1v) is 17.6. The van der Waals surface area contributed by atoms with Crippen molar-refractivity contribution in [1.29, 1.82) is 0 Å². The first-order valence-electron chi connectivity index (χ1n) is 17.6. The van der Waals surface area contributed by atoms with Crippen LogP contribution in [0.2, 0.25) is 0 Å². The highest BCUT2D eigenvalue weighted by molar-refractivity contribution is 5.86. The smallest absolute Gasteiger partial charge is 0.328 e. The number of fused-ring (bicyclic) bond motifs is 6. The van der Waals surface area contributed by atoms with Gasteiger partial charge in [0.2, 0.25) is 11.8 Å². The van der Waals surface area contributed by atoms with Gasteiger partial charge in [-0.2, -0.15) is 0 Å². The molecule has 0 spiro atoms. The zero-order valence-corrected chi connectivity index (χ0v) is 28.2. The van der Waals surface area contributed by atoms with E-state index in [2.05, 4.69) is 20.4 Å². The predicted octanol–water partition coefficient (Wildman–Crippen LogP) is 3.33. The highest BCUT2D eigenvalue weighted by Gasteiger charge is 2.44. The van der Waals surface area contributed by atoms with Crippen LogP contribution in [0.15, 0.2) is 60.7 Å². The molecule has 0 saturated carbocycles. The average Bonchev–Trinajstić information content (AvgIpc) is 3.15. The summed E-state index contributed by atoms with van der Waals surface area (Å²) in [7, 11) is 2.74. The van der Waals surface area contributed by atoms with Gasteiger partial charge in [0.25, 0.3) is 0 Å². The van der Waals surface area contributed by atoms with Crippen LogP contribution in [-0.2, 0) is 28.7 Å². The van der Waals surface area contributed by atoms with Gasteiger partial charge in [0.15, 0.2) is 0 Å². The number of methoxy groups -OCH3 is 2. The summed E-state index contributed by atoms with van der Waals surface area (Å²) in [6.07, 6.45) is 4.20. The van der Waals surface area contributed by atoms with Crippen molar-refractivity contribution in [2.24, 2.45) is 23.7 Å².